The molecule has 0 radical (unpaired) electrons. The van der Waals surface area contributed by atoms with Crippen LogP contribution in [-0.4, -0.2) is 63.3 Å². The number of phenolic OH excluding ortho intramolecular Hbond substituents is 1. The van der Waals surface area contributed by atoms with Crippen molar-refractivity contribution in [3.63, 3.8) is 0 Å². The number of terminal acetylenes is 1. The van der Waals surface area contributed by atoms with Crippen LogP contribution < -0.4 is 15.0 Å². The molecule has 2 bridgehead atoms. The molecule has 3 fully saturated rings. The molecule has 230 valence electrons. The molecule has 0 spiro atoms. The lowest BCUT2D eigenvalue weighted by Crippen LogP contribution is -2.51. The minimum absolute atomic E-state index is 0.00104. The Labute approximate surface area is 266 Å². The minimum Gasteiger partial charge on any atom is -0.508 e. The predicted molar refractivity (Wildman–Crippen MR) is 175 cm³/mol. The normalized spacial score (nSPS) is 23.5. The molecule has 3 aromatic carbocycles. The van der Waals surface area contributed by atoms with Gasteiger partial charge in [0.25, 0.3) is 0 Å². The number of hydrogen-bond acceptors (Lipinski definition) is 8. The first kappa shape index (κ1) is 27.5. The van der Waals surface area contributed by atoms with E-state index in [1.165, 1.54) is 17.2 Å². The zero-order valence-corrected chi connectivity index (χ0v) is 25.3. The Balaban J connectivity index is 1.19. The molecular formula is C37H33FN6O2. The van der Waals surface area contributed by atoms with Crippen molar-refractivity contribution in [3.05, 3.63) is 83.3 Å². The Morgan fingerprint density at radius 2 is 1.93 bits per heavy atom. The number of nitrogens with zero attached hydrogens (tertiary/aromatic N) is 5. The van der Waals surface area contributed by atoms with Gasteiger partial charge in [-0.1, -0.05) is 42.3 Å². The highest BCUT2D eigenvalue weighted by molar-refractivity contribution is 6.02. The van der Waals surface area contributed by atoms with E-state index in [0.717, 1.165) is 51.9 Å². The van der Waals surface area contributed by atoms with Crippen LogP contribution in [0.15, 0.2) is 60.8 Å². The standard InChI is InChI=1S/C37H33FN6O2/c1-2-22-8-5-9-23-15-27(45)16-28(31(22)23)33-32(38)34-29(17-39-33)35(43-19-25-11-12-26(20-43)40-25)42-36(41-34)46-21-37-13-6-14-44(37)18-24-7-3-4-10-30(24)37/h1,3-5,7-10,15-17,25-26,40,45H,6,11-14,18-21H2/t25-,26+,37?. The van der Waals surface area contributed by atoms with Gasteiger partial charge in [-0.15, -0.1) is 6.42 Å². The van der Waals surface area contributed by atoms with Crippen molar-refractivity contribution in [2.75, 3.05) is 31.1 Å². The molecule has 2 aromatic heterocycles. The van der Waals surface area contributed by atoms with Gasteiger partial charge in [0, 0.05) is 54.4 Å². The maximum Gasteiger partial charge on any atom is 0.319 e. The van der Waals surface area contributed by atoms with Gasteiger partial charge < -0.3 is 20.1 Å². The van der Waals surface area contributed by atoms with E-state index in [1.54, 1.807) is 18.3 Å². The smallest absolute Gasteiger partial charge is 0.319 e. The molecule has 2 N–H and O–H groups in total. The van der Waals surface area contributed by atoms with Gasteiger partial charge in [-0.2, -0.15) is 9.97 Å². The molecule has 3 saturated heterocycles. The second kappa shape index (κ2) is 10.4. The largest absolute Gasteiger partial charge is 0.508 e. The Kier molecular flexibility index (Phi) is 6.21. The SMILES string of the molecule is C#Cc1cccc2cc(O)cc(-c3ncc4c(N5C[C@H]6CC[C@@H](C5)N6)nc(OCC56CCCN5Cc5ccccc56)nc4c3F)c12. The highest BCUT2D eigenvalue weighted by Gasteiger charge is 2.48. The third-order valence-electron chi connectivity index (χ3n) is 10.5. The van der Waals surface area contributed by atoms with E-state index in [2.05, 4.69) is 50.3 Å². The van der Waals surface area contributed by atoms with E-state index >= 15 is 4.39 Å². The van der Waals surface area contributed by atoms with Gasteiger partial charge >= 0.3 is 6.01 Å². The van der Waals surface area contributed by atoms with E-state index in [9.17, 15) is 5.11 Å². The Morgan fingerprint density at radius 1 is 1.09 bits per heavy atom. The van der Waals surface area contributed by atoms with Crippen molar-refractivity contribution in [3.8, 4) is 35.4 Å². The Morgan fingerprint density at radius 3 is 2.78 bits per heavy atom. The van der Waals surface area contributed by atoms with E-state index in [1.807, 2.05) is 12.1 Å². The summed E-state index contributed by atoms with van der Waals surface area (Å²) < 4.78 is 23.4. The quantitative estimate of drug-likeness (QED) is 0.252. The van der Waals surface area contributed by atoms with Gasteiger partial charge in [-0.3, -0.25) is 9.88 Å². The summed E-state index contributed by atoms with van der Waals surface area (Å²) in [6.45, 7) is 3.81. The van der Waals surface area contributed by atoms with Gasteiger partial charge in [0.05, 0.1) is 10.9 Å². The number of aromatic hydroxyl groups is 1. The number of ether oxygens (including phenoxy) is 1. The van der Waals surface area contributed by atoms with Crippen LogP contribution in [0, 0.1) is 18.2 Å². The molecule has 46 heavy (non-hydrogen) atoms. The molecule has 0 aliphatic carbocycles. The predicted octanol–water partition coefficient (Wildman–Crippen LogP) is 5.50. The van der Waals surface area contributed by atoms with Crippen LogP contribution in [0.1, 0.15) is 42.4 Å². The van der Waals surface area contributed by atoms with Crippen LogP contribution >= 0.6 is 0 Å². The monoisotopic (exact) mass is 612 g/mol. The molecule has 3 atom stereocenters. The van der Waals surface area contributed by atoms with Crippen molar-refractivity contribution in [2.24, 2.45) is 0 Å². The second-order valence-corrected chi connectivity index (χ2v) is 13.1. The van der Waals surface area contributed by atoms with Crippen LogP contribution in [-0.2, 0) is 12.1 Å². The number of nitrogens with one attached hydrogen (secondary N) is 1. The highest BCUT2D eigenvalue weighted by Crippen LogP contribution is 2.47. The highest BCUT2D eigenvalue weighted by atomic mass is 19.1. The first-order valence-electron chi connectivity index (χ1n) is 16.1. The molecule has 8 nitrogen and oxygen atoms in total. The summed E-state index contributed by atoms with van der Waals surface area (Å²) in [5, 5.41) is 16.2. The number of rotatable bonds is 5. The molecule has 4 aliphatic heterocycles. The number of pyridine rings is 1. The fraction of sp³-hybridized carbons (Fsp3) is 0.324. The van der Waals surface area contributed by atoms with Crippen LogP contribution in [0.5, 0.6) is 11.8 Å². The molecular weight excluding hydrogens is 579 g/mol. The molecule has 0 amide bonds. The summed E-state index contributed by atoms with van der Waals surface area (Å²) in [6.07, 6.45) is 11.8. The molecule has 6 heterocycles. The number of piperazine rings is 1. The van der Waals surface area contributed by atoms with E-state index in [0.29, 0.717) is 51.8 Å². The number of phenols is 1. The maximum absolute atomic E-state index is 16.9. The van der Waals surface area contributed by atoms with Gasteiger partial charge in [0.1, 0.15) is 29.4 Å². The van der Waals surface area contributed by atoms with Crippen molar-refractivity contribution in [1.82, 2.24) is 25.2 Å². The summed E-state index contributed by atoms with van der Waals surface area (Å²) in [5.41, 5.74) is 3.58. The van der Waals surface area contributed by atoms with Crippen LogP contribution in [0.4, 0.5) is 10.2 Å². The first-order chi connectivity index (χ1) is 22.5. The fourth-order valence-corrected chi connectivity index (χ4v) is 8.42. The van der Waals surface area contributed by atoms with Gasteiger partial charge in [0.2, 0.25) is 0 Å². The van der Waals surface area contributed by atoms with E-state index < -0.39 is 5.82 Å². The molecule has 9 rings (SSSR count). The summed E-state index contributed by atoms with van der Waals surface area (Å²) in [4.78, 5) is 19.0. The third kappa shape index (κ3) is 4.17. The van der Waals surface area contributed by atoms with Gasteiger partial charge in [-0.05, 0) is 66.9 Å². The summed E-state index contributed by atoms with van der Waals surface area (Å²) in [5.74, 6) is 2.74. The first-order valence-corrected chi connectivity index (χ1v) is 16.1. The lowest BCUT2D eigenvalue weighted by molar-refractivity contribution is 0.0826. The molecule has 1 unspecified atom stereocenters. The van der Waals surface area contributed by atoms with Crippen molar-refractivity contribution in [1.29, 1.82) is 0 Å². The number of hydrogen-bond donors (Lipinski definition) is 2. The molecule has 5 aromatic rings. The van der Waals surface area contributed by atoms with Crippen LogP contribution in [0.25, 0.3) is 32.9 Å². The number of halogens is 1. The van der Waals surface area contributed by atoms with E-state index in [-0.39, 0.29) is 28.5 Å². The van der Waals surface area contributed by atoms with Crippen LogP contribution in [0.3, 0.4) is 0 Å². The Bertz CT molecular complexity index is 2080. The van der Waals surface area contributed by atoms with Crippen molar-refractivity contribution in [2.45, 2.75) is 49.9 Å². The van der Waals surface area contributed by atoms with Gasteiger partial charge in [-0.25, -0.2) is 4.39 Å². The Hall–Kier alpha value is -4.78. The number of fused-ring (bicyclic) bond motifs is 7. The average molecular weight is 613 g/mol. The summed E-state index contributed by atoms with van der Waals surface area (Å²) in [6, 6.07) is 18.0. The third-order valence-corrected chi connectivity index (χ3v) is 10.5. The van der Waals surface area contributed by atoms with Gasteiger partial charge in [0.15, 0.2) is 5.82 Å². The maximum atomic E-state index is 16.9. The van der Waals surface area contributed by atoms with E-state index in [4.69, 9.17) is 21.1 Å². The van der Waals surface area contributed by atoms with Crippen molar-refractivity contribution < 1.29 is 14.2 Å². The fourth-order valence-electron chi connectivity index (χ4n) is 8.42. The topological polar surface area (TPSA) is 86.6 Å². The molecule has 4 aliphatic rings. The molecule has 0 saturated carbocycles. The second-order valence-electron chi connectivity index (χ2n) is 13.1. The van der Waals surface area contributed by atoms with Crippen molar-refractivity contribution >= 4 is 27.5 Å². The molecule has 9 heteroatoms. The zero-order valence-electron chi connectivity index (χ0n) is 25.3. The lowest BCUT2D eigenvalue weighted by atomic mass is 9.89. The average Bonchev–Trinajstić information content (AvgIpc) is 3.73. The lowest BCUT2D eigenvalue weighted by Gasteiger charge is -2.35. The number of anilines is 1. The summed E-state index contributed by atoms with van der Waals surface area (Å²) in [7, 11) is 0. The number of benzene rings is 3. The zero-order chi connectivity index (χ0) is 31.0. The number of aromatic nitrogens is 3. The minimum atomic E-state index is -0.602. The summed E-state index contributed by atoms with van der Waals surface area (Å²) >= 11 is 0. The van der Waals surface area contributed by atoms with Crippen LogP contribution in [0.2, 0.25) is 0 Å².